The maximum absolute atomic E-state index is 4.50. The first kappa shape index (κ1) is 11.6. The van der Waals surface area contributed by atoms with Crippen molar-refractivity contribution >= 4 is 11.3 Å². The predicted molar refractivity (Wildman–Crippen MR) is 71.2 cm³/mol. The molecule has 4 heteroatoms. The van der Waals surface area contributed by atoms with Gasteiger partial charge in [-0.05, 0) is 25.2 Å². The Kier molecular flexibility index (Phi) is 3.45. The molecule has 1 aliphatic heterocycles. The maximum Gasteiger partial charge on any atom is 0.110 e. The third-order valence-electron chi connectivity index (χ3n) is 3.99. The average Bonchev–Trinajstić information content (AvgIpc) is 3.09. The van der Waals surface area contributed by atoms with Crippen LogP contribution in [0.2, 0.25) is 0 Å². The summed E-state index contributed by atoms with van der Waals surface area (Å²) in [4.78, 5) is 7.14. The van der Waals surface area contributed by atoms with E-state index in [9.17, 15) is 0 Å². The topological polar surface area (TPSA) is 28.2 Å². The molecule has 3 nitrogen and oxygen atoms in total. The molecule has 2 fully saturated rings. The number of nitrogens with one attached hydrogen (secondary N) is 1. The normalized spacial score (nSPS) is 28.2. The molecule has 17 heavy (non-hydrogen) atoms. The lowest BCUT2D eigenvalue weighted by Gasteiger charge is -2.38. The van der Waals surface area contributed by atoms with E-state index in [0.29, 0.717) is 6.04 Å². The number of aromatic nitrogens is 1. The maximum atomic E-state index is 4.50. The van der Waals surface area contributed by atoms with Gasteiger partial charge in [-0.3, -0.25) is 4.90 Å². The van der Waals surface area contributed by atoms with Crippen LogP contribution in [-0.2, 0) is 0 Å². The number of nitrogens with zero attached hydrogens (tertiary/aromatic N) is 2. The number of hydrogen-bond acceptors (Lipinski definition) is 4. The number of hydrogen-bond donors (Lipinski definition) is 1. The summed E-state index contributed by atoms with van der Waals surface area (Å²) in [6.07, 6.45) is 5.97. The first-order valence-electron chi connectivity index (χ1n) is 6.75. The first-order valence-corrected chi connectivity index (χ1v) is 7.63. The molecule has 0 spiro atoms. The van der Waals surface area contributed by atoms with Crippen molar-refractivity contribution in [2.24, 2.45) is 5.92 Å². The van der Waals surface area contributed by atoms with E-state index >= 15 is 0 Å². The van der Waals surface area contributed by atoms with E-state index in [1.54, 1.807) is 11.3 Å². The van der Waals surface area contributed by atoms with Crippen molar-refractivity contribution < 1.29 is 0 Å². The Morgan fingerprint density at radius 3 is 3.12 bits per heavy atom. The van der Waals surface area contributed by atoms with Crippen LogP contribution < -0.4 is 5.32 Å². The molecule has 1 aromatic rings. The monoisotopic (exact) mass is 251 g/mol. The quantitative estimate of drug-likeness (QED) is 0.890. The molecule has 3 rings (SSSR count). The minimum Gasteiger partial charge on any atom is -0.311 e. The van der Waals surface area contributed by atoms with E-state index in [-0.39, 0.29) is 0 Å². The highest BCUT2D eigenvalue weighted by Crippen LogP contribution is 2.35. The fourth-order valence-electron chi connectivity index (χ4n) is 2.89. The lowest BCUT2D eigenvalue weighted by molar-refractivity contribution is 0.132. The van der Waals surface area contributed by atoms with Crippen molar-refractivity contribution in [3.8, 4) is 0 Å². The van der Waals surface area contributed by atoms with Gasteiger partial charge in [0.1, 0.15) is 5.01 Å². The van der Waals surface area contributed by atoms with E-state index in [1.165, 1.54) is 37.4 Å². The Labute approximate surface area is 107 Å². The van der Waals surface area contributed by atoms with Crippen LogP contribution in [0.1, 0.15) is 37.2 Å². The second-order valence-electron chi connectivity index (χ2n) is 5.19. The summed E-state index contributed by atoms with van der Waals surface area (Å²) in [7, 11) is 0. The van der Waals surface area contributed by atoms with Gasteiger partial charge in [0.25, 0.3) is 0 Å². The Hall–Kier alpha value is -0.450. The Morgan fingerprint density at radius 1 is 1.59 bits per heavy atom. The second kappa shape index (κ2) is 5.04. The molecule has 1 aromatic heterocycles. The lowest BCUT2D eigenvalue weighted by atomic mass is 10.1. The molecule has 1 saturated carbocycles. The van der Waals surface area contributed by atoms with Crippen molar-refractivity contribution in [3.63, 3.8) is 0 Å². The van der Waals surface area contributed by atoms with Gasteiger partial charge < -0.3 is 5.32 Å². The van der Waals surface area contributed by atoms with Gasteiger partial charge in [-0.25, -0.2) is 4.98 Å². The Balaban J connectivity index is 1.68. The fourth-order valence-corrected chi connectivity index (χ4v) is 3.74. The summed E-state index contributed by atoms with van der Waals surface area (Å²) in [5, 5.41) is 7.07. The predicted octanol–water partition coefficient (Wildman–Crippen LogP) is 2.28. The third-order valence-corrected chi connectivity index (χ3v) is 4.87. The average molecular weight is 251 g/mol. The summed E-state index contributed by atoms with van der Waals surface area (Å²) in [5.41, 5.74) is 0. The zero-order valence-corrected chi connectivity index (χ0v) is 11.2. The van der Waals surface area contributed by atoms with Gasteiger partial charge in [-0.1, -0.05) is 6.92 Å². The lowest BCUT2D eigenvalue weighted by Crippen LogP contribution is -2.52. The standard InChI is InChI=1S/C13H21N3S/c1-2-12(13-15-6-8-17-13)16-7-5-14-11(9-16)10-3-4-10/h6,8,10-12,14H,2-5,7,9H2,1H3. The van der Waals surface area contributed by atoms with E-state index < -0.39 is 0 Å². The van der Waals surface area contributed by atoms with Gasteiger partial charge in [-0.2, -0.15) is 0 Å². The molecule has 94 valence electrons. The third kappa shape index (κ3) is 2.54. The summed E-state index contributed by atoms with van der Waals surface area (Å²) >= 11 is 1.80. The van der Waals surface area contributed by atoms with Crippen molar-refractivity contribution in [2.75, 3.05) is 19.6 Å². The highest BCUT2D eigenvalue weighted by atomic mass is 32.1. The summed E-state index contributed by atoms with van der Waals surface area (Å²) in [5.74, 6) is 0.951. The molecule has 1 aliphatic carbocycles. The second-order valence-corrected chi connectivity index (χ2v) is 6.11. The van der Waals surface area contributed by atoms with Gasteiger partial charge in [0.05, 0.1) is 6.04 Å². The zero-order valence-electron chi connectivity index (χ0n) is 10.4. The van der Waals surface area contributed by atoms with Gasteiger partial charge in [0.2, 0.25) is 0 Å². The van der Waals surface area contributed by atoms with E-state index in [0.717, 1.165) is 18.5 Å². The summed E-state index contributed by atoms with van der Waals surface area (Å²) in [6, 6.07) is 1.27. The molecular formula is C13H21N3S. The molecule has 2 atom stereocenters. The number of piperazine rings is 1. The van der Waals surface area contributed by atoms with Crippen LogP contribution in [0.4, 0.5) is 0 Å². The molecule has 2 aliphatic rings. The molecule has 1 saturated heterocycles. The van der Waals surface area contributed by atoms with Gasteiger partial charge in [0.15, 0.2) is 0 Å². The van der Waals surface area contributed by atoms with E-state index in [4.69, 9.17) is 0 Å². The van der Waals surface area contributed by atoms with E-state index in [2.05, 4.69) is 27.5 Å². The van der Waals surface area contributed by atoms with Crippen molar-refractivity contribution in [1.29, 1.82) is 0 Å². The minimum atomic E-state index is 0.540. The van der Waals surface area contributed by atoms with Gasteiger partial charge >= 0.3 is 0 Å². The highest BCUT2D eigenvalue weighted by Gasteiger charge is 2.36. The van der Waals surface area contributed by atoms with Crippen LogP contribution in [0.15, 0.2) is 11.6 Å². The molecular weight excluding hydrogens is 230 g/mol. The van der Waals surface area contributed by atoms with Gasteiger partial charge in [0, 0.05) is 37.3 Å². The molecule has 0 amide bonds. The van der Waals surface area contributed by atoms with Crippen molar-refractivity contribution in [3.05, 3.63) is 16.6 Å². The van der Waals surface area contributed by atoms with Gasteiger partial charge in [-0.15, -0.1) is 11.3 Å². The molecule has 1 N–H and O–H groups in total. The largest absolute Gasteiger partial charge is 0.311 e. The van der Waals surface area contributed by atoms with Crippen LogP contribution in [0.5, 0.6) is 0 Å². The zero-order chi connectivity index (χ0) is 11.7. The Bertz CT molecular complexity index is 348. The molecule has 0 aromatic carbocycles. The van der Waals surface area contributed by atoms with Crippen LogP contribution in [0.25, 0.3) is 0 Å². The van der Waals surface area contributed by atoms with E-state index in [1.807, 2.05) is 6.20 Å². The smallest absolute Gasteiger partial charge is 0.110 e. The van der Waals surface area contributed by atoms with Crippen molar-refractivity contribution in [2.45, 2.75) is 38.3 Å². The highest BCUT2D eigenvalue weighted by molar-refractivity contribution is 7.09. The molecule has 2 unspecified atom stereocenters. The molecule has 0 bridgehead atoms. The van der Waals surface area contributed by atoms with Crippen LogP contribution in [0.3, 0.4) is 0 Å². The number of rotatable bonds is 4. The Morgan fingerprint density at radius 2 is 2.47 bits per heavy atom. The van der Waals surface area contributed by atoms with Crippen molar-refractivity contribution in [1.82, 2.24) is 15.2 Å². The number of thiazole rings is 1. The minimum absolute atomic E-state index is 0.540. The van der Waals surface area contributed by atoms with Crippen LogP contribution >= 0.6 is 11.3 Å². The van der Waals surface area contributed by atoms with Crippen LogP contribution in [-0.4, -0.2) is 35.6 Å². The summed E-state index contributed by atoms with van der Waals surface area (Å²) < 4.78 is 0. The fraction of sp³-hybridized carbons (Fsp3) is 0.769. The molecule has 2 heterocycles. The summed E-state index contributed by atoms with van der Waals surface area (Å²) in [6.45, 7) is 5.80. The molecule has 0 radical (unpaired) electrons. The van der Waals surface area contributed by atoms with Crippen LogP contribution in [0, 0.1) is 5.92 Å². The first-order chi connectivity index (χ1) is 8.38. The SMILES string of the molecule is CCC(c1nccs1)N1CCNC(C2CC2)C1.